The predicted molar refractivity (Wildman–Crippen MR) is 74.1 cm³/mol. The summed E-state index contributed by atoms with van der Waals surface area (Å²) in [7, 11) is 0. The van der Waals surface area contributed by atoms with Crippen LogP contribution in [0.5, 0.6) is 0 Å². The molecular weight excluding hydrogens is 260 g/mol. The van der Waals surface area contributed by atoms with Crippen molar-refractivity contribution in [1.82, 2.24) is 10.6 Å². The zero-order valence-electron chi connectivity index (χ0n) is 12.2. The van der Waals surface area contributed by atoms with Crippen molar-refractivity contribution in [2.45, 2.75) is 46.5 Å². The van der Waals surface area contributed by atoms with Gasteiger partial charge in [0.2, 0.25) is 0 Å². The fraction of sp³-hybridized carbons (Fsp3) is 0.643. The van der Waals surface area contributed by atoms with Gasteiger partial charge >= 0.3 is 12.0 Å². The number of carbonyl (C=O) groups is 3. The highest BCUT2D eigenvalue weighted by Gasteiger charge is 2.35. The molecular formula is C14H22N2O4. The summed E-state index contributed by atoms with van der Waals surface area (Å²) in [4.78, 5) is 34.1. The van der Waals surface area contributed by atoms with Crippen LogP contribution in [0.15, 0.2) is 11.1 Å². The Morgan fingerprint density at radius 3 is 2.15 bits per heavy atom. The van der Waals surface area contributed by atoms with Gasteiger partial charge in [-0.15, -0.1) is 0 Å². The van der Waals surface area contributed by atoms with Crippen molar-refractivity contribution in [1.29, 1.82) is 0 Å². The average Bonchev–Trinajstić information content (AvgIpc) is 2.35. The van der Waals surface area contributed by atoms with Gasteiger partial charge in [0.05, 0.1) is 0 Å². The number of amides is 3. The number of carbonyl (C=O) groups excluding carboxylic acids is 2. The highest BCUT2D eigenvalue weighted by atomic mass is 16.4. The highest BCUT2D eigenvalue weighted by Crippen LogP contribution is 2.42. The van der Waals surface area contributed by atoms with Crippen molar-refractivity contribution in [2.24, 2.45) is 5.41 Å². The maximum absolute atomic E-state index is 11.7. The SMILES string of the molecule is CCC1(CNC(=O)NC(=O)C(C)=C(C)C(=O)O)CCC1. The maximum atomic E-state index is 11.7. The van der Waals surface area contributed by atoms with Gasteiger partial charge in [0.15, 0.2) is 0 Å². The maximum Gasteiger partial charge on any atom is 0.331 e. The Hall–Kier alpha value is -1.85. The van der Waals surface area contributed by atoms with Crippen LogP contribution in [0.1, 0.15) is 46.5 Å². The molecule has 6 heteroatoms. The van der Waals surface area contributed by atoms with Crippen LogP contribution in [0.4, 0.5) is 4.79 Å². The first kappa shape index (κ1) is 16.2. The van der Waals surface area contributed by atoms with Gasteiger partial charge in [-0.2, -0.15) is 0 Å². The molecule has 1 saturated carbocycles. The summed E-state index contributed by atoms with van der Waals surface area (Å²) in [6.07, 6.45) is 4.36. The average molecular weight is 282 g/mol. The van der Waals surface area contributed by atoms with E-state index in [4.69, 9.17) is 5.11 Å². The van der Waals surface area contributed by atoms with Crippen LogP contribution in [0.25, 0.3) is 0 Å². The van der Waals surface area contributed by atoms with Crippen molar-refractivity contribution in [3.63, 3.8) is 0 Å². The molecule has 0 unspecified atom stereocenters. The number of rotatable bonds is 5. The third-order valence-electron chi connectivity index (χ3n) is 4.24. The molecule has 1 aliphatic rings. The second kappa shape index (κ2) is 6.54. The molecule has 0 spiro atoms. The predicted octanol–water partition coefficient (Wildman–Crippen LogP) is 1.81. The summed E-state index contributed by atoms with van der Waals surface area (Å²) in [5.41, 5.74) is 0.128. The van der Waals surface area contributed by atoms with Gasteiger partial charge in [-0.3, -0.25) is 10.1 Å². The summed E-state index contributed by atoms with van der Waals surface area (Å²) in [6.45, 7) is 5.34. The van der Waals surface area contributed by atoms with E-state index in [0.29, 0.717) is 6.54 Å². The normalized spacial score (nSPS) is 17.6. The fourth-order valence-electron chi connectivity index (χ4n) is 2.17. The monoisotopic (exact) mass is 282 g/mol. The summed E-state index contributed by atoms with van der Waals surface area (Å²) in [5, 5.41) is 13.6. The number of hydrogen-bond donors (Lipinski definition) is 3. The van der Waals surface area contributed by atoms with E-state index in [0.717, 1.165) is 19.3 Å². The van der Waals surface area contributed by atoms with Gasteiger partial charge in [-0.25, -0.2) is 9.59 Å². The smallest absolute Gasteiger partial charge is 0.331 e. The third-order valence-corrected chi connectivity index (χ3v) is 4.24. The van der Waals surface area contributed by atoms with E-state index in [1.807, 2.05) is 0 Å². The zero-order valence-corrected chi connectivity index (χ0v) is 12.2. The fourth-order valence-corrected chi connectivity index (χ4v) is 2.17. The lowest BCUT2D eigenvalue weighted by atomic mass is 9.67. The number of carboxylic acids is 1. The molecule has 0 atom stereocenters. The molecule has 0 bridgehead atoms. The van der Waals surface area contributed by atoms with E-state index >= 15 is 0 Å². The van der Waals surface area contributed by atoms with Gasteiger partial charge in [-0.05, 0) is 38.5 Å². The Morgan fingerprint density at radius 2 is 1.75 bits per heavy atom. The first-order chi connectivity index (χ1) is 9.31. The summed E-state index contributed by atoms with van der Waals surface area (Å²) >= 11 is 0. The molecule has 0 radical (unpaired) electrons. The minimum atomic E-state index is -1.17. The summed E-state index contributed by atoms with van der Waals surface area (Å²) in [6, 6.07) is -0.577. The van der Waals surface area contributed by atoms with Gasteiger partial charge in [0.25, 0.3) is 5.91 Å². The Labute approximate surface area is 118 Å². The van der Waals surface area contributed by atoms with Crippen molar-refractivity contribution in [2.75, 3.05) is 6.54 Å². The van der Waals surface area contributed by atoms with E-state index in [2.05, 4.69) is 17.6 Å². The molecule has 0 heterocycles. The van der Waals surface area contributed by atoms with Crippen LogP contribution in [0, 0.1) is 5.41 Å². The van der Waals surface area contributed by atoms with E-state index in [9.17, 15) is 14.4 Å². The van der Waals surface area contributed by atoms with Crippen LogP contribution < -0.4 is 10.6 Å². The molecule has 1 rings (SSSR count). The minimum Gasteiger partial charge on any atom is -0.478 e. The molecule has 0 aromatic heterocycles. The Kier molecular flexibility index (Phi) is 5.30. The Morgan fingerprint density at radius 1 is 1.15 bits per heavy atom. The first-order valence-electron chi connectivity index (χ1n) is 6.81. The number of imide groups is 1. The van der Waals surface area contributed by atoms with Crippen LogP contribution in [-0.4, -0.2) is 29.6 Å². The lowest BCUT2D eigenvalue weighted by molar-refractivity contribution is -0.133. The van der Waals surface area contributed by atoms with Crippen LogP contribution >= 0.6 is 0 Å². The van der Waals surface area contributed by atoms with Gasteiger partial charge in [0, 0.05) is 17.7 Å². The topological polar surface area (TPSA) is 95.5 Å². The number of aliphatic carboxylic acids is 1. The summed E-state index contributed by atoms with van der Waals surface area (Å²) in [5.74, 6) is -1.85. The first-order valence-corrected chi connectivity index (χ1v) is 6.81. The number of urea groups is 1. The molecule has 112 valence electrons. The zero-order chi connectivity index (χ0) is 15.3. The largest absolute Gasteiger partial charge is 0.478 e. The standard InChI is InChI=1S/C14H22N2O4/c1-4-14(6-5-7-14)8-15-13(20)16-11(17)9(2)10(3)12(18)19/h4-8H2,1-3H3,(H,18,19)(H2,15,16,17,20). The van der Waals surface area contributed by atoms with Crippen molar-refractivity contribution in [3.8, 4) is 0 Å². The minimum absolute atomic E-state index is 0.0292. The van der Waals surface area contributed by atoms with Crippen LogP contribution in [0.2, 0.25) is 0 Å². The highest BCUT2D eigenvalue weighted by molar-refractivity contribution is 6.07. The second-order valence-electron chi connectivity index (χ2n) is 5.40. The molecule has 1 fully saturated rings. The summed E-state index contributed by atoms with van der Waals surface area (Å²) < 4.78 is 0. The molecule has 6 nitrogen and oxygen atoms in total. The third kappa shape index (κ3) is 3.82. The van der Waals surface area contributed by atoms with E-state index < -0.39 is 17.9 Å². The van der Waals surface area contributed by atoms with Crippen molar-refractivity contribution >= 4 is 17.9 Å². The quantitative estimate of drug-likeness (QED) is 0.670. The Balaban J connectivity index is 2.48. The van der Waals surface area contributed by atoms with Gasteiger partial charge in [-0.1, -0.05) is 13.3 Å². The molecule has 0 aromatic rings. The van der Waals surface area contributed by atoms with Gasteiger partial charge in [0.1, 0.15) is 0 Å². The molecule has 0 aromatic carbocycles. The second-order valence-corrected chi connectivity index (χ2v) is 5.40. The molecule has 20 heavy (non-hydrogen) atoms. The Bertz CT molecular complexity index is 445. The molecule has 0 aliphatic heterocycles. The van der Waals surface area contributed by atoms with E-state index in [-0.39, 0.29) is 16.6 Å². The van der Waals surface area contributed by atoms with E-state index in [1.54, 1.807) is 0 Å². The number of hydrogen-bond acceptors (Lipinski definition) is 3. The number of carboxylic acid groups (broad SMARTS) is 1. The van der Waals surface area contributed by atoms with Gasteiger partial charge < -0.3 is 10.4 Å². The molecule has 3 N–H and O–H groups in total. The van der Waals surface area contributed by atoms with Crippen LogP contribution in [0.3, 0.4) is 0 Å². The number of nitrogens with one attached hydrogen (secondary N) is 2. The van der Waals surface area contributed by atoms with Crippen molar-refractivity contribution in [3.05, 3.63) is 11.1 Å². The lowest BCUT2D eigenvalue weighted by Gasteiger charge is -2.41. The van der Waals surface area contributed by atoms with E-state index in [1.165, 1.54) is 20.3 Å². The van der Waals surface area contributed by atoms with Crippen molar-refractivity contribution < 1.29 is 19.5 Å². The molecule has 3 amide bonds. The molecule has 1 aliphatic carbocycles. The van der Waals surface area contributed by atoms with Crippen LogP contribution in [-0.2, 0) is 9.59 Å². The lowest BCUT2D eigenvalue weighted by Crippen LogP contribution is -2.47. The molecule has 0 saturated heterocycles.